The van der Waals surface area contributed by atoms with Gasteiger partial charge in [0.05, 0.1) is 6.10 Å². The van der Waals surface area contributed by atoms with Crippen LogP contribution in [0.25, 0.3) is 0 Å². The number of nitrogens with one attached hydrogen (secondary N) is 1. The highest BCUT2D eigenvalue weighted by atomic mass is 19.4. The van der Waals surface area contributed by atoms with Crippen molar-refractivity contribution in [1.82, 2.24) is 4.98 Å². The van der Waals surface area contributed by atoms with Gasteiger partial charge in [0.15, 0.2) is 0 Å². The first kappa shape index (κ1) is 22.2. The number of carbonyl (C=O) groups excluding carboxylic acids is 1. The highest BCUT2D eigenvalue weighted by Gasteiger charge is 2.54. The first-order valence-corrected chi connectivity index (χ1v) is 11.5. The lowest BCUT2D eigenvalue weighted by molar-refractivity contribution is -0.141. The minimum absolute atomic E-state index is 0.0265. The van der Waals surface area contributed by atoms with Gasteiger partial charge in [-0.1, -0.05) is 13.0 Å². The lowest BCUT2D eigenvalue weighted by Crippen LogP contribution is -2.43. The molecule has 1 amide bonds. The van der Waals surface area contributed by atoms with Crippen molar-refractivity contribution >= 4 is 11.8 Å². The van der Waals surface area contributed by atoms with Crippen LogP contribution in [0.4, 0.5) is 23.7 Å². The van der Waals surface area contributed by atoms with Gasteiger partial charge in [-0.3, -0.25) is 10.3 Å². The van der Waals surface area contributed by atoms with Crippen LogP contribution in [0.2, 0.25) is 0 Å². The third-order valence-electron chi connectivity index (χ3n) is 8.16. The molecule has 33 heavy (non-hydrogen) atoms. The Morgan fingerprint density at radius 3 is 2.79 bits per heavy atom. The van der Waals surface area contributed by atoms with Gasteiger partial charge in [0.1, 0.15) is 11.4 Å². The summed E-state index contributed by atoms with van der Waals surface area (Å²) in [6.45, 7) is 2.25. The molecular weight excluding hydrogens is 433 g/mol. The molecule has 2 fully saturated rings. The van der Waals surface area contributed by atoms with Crippen LogP contribution in [0.3, 0.4) is 0 Å². The zero-order valence-corrected chi connectivity index (χ0v) is 18.4. The number of carbonyl (C=O) groups is 1. The van der Waals surface area contributed by atoms with E-state index in [4.69, 9.17) is 4.74 Å². The van der Waals surface area contributed by atoms with Crippen molar-refractivity contribution < 1.29 is 27.8 Å². The van der Waals surface area contributed by atoms with E-state index in [1.165, 1.54) is 11.6 Å². The predicted octanol–water partition coefficient (Wildman–Crippen LogP) is 5.93. The number of rotatable bonds is 2. The van der Waals surface area contributed by atoms with Crippen LogP contribution in [-0.2, 0) is 12.6 Å². The van der Waals surface area contributed by atoms with Gasteiger partial charge in [0.25, 0.3) is 0 Å². The number of fused-ring (bicyclic) bond motifs is 5. The van der Waals surface area contributed by atoms with E-state index < -0.39 is 18.0 Å². The van der Waals surface area contributed by atoms with Crippen LogP contribution in [0, 0.1) is 17.3 Å². The number of alkyl halides is 3. The van der Waals surface area contributed by atoms with Crippen molar-refractivity contribution in [1.29, 1.82) is 0 Å². The lowest BCUT2D eigenvalue weighted by atomic mass is 9.55. The monoisotopic (exact) mass is 460 g/mol. The van der Waals surface area contributed by atoms with E-state index >= 15 is 0 Å². The molecule has 5 nitrogen and oxygen atoms in total. The Morgan fingerprint density at radius 2 is 2.00 bits per heavy atom. The number of hydrogen-bond donors (Lipinski definition) is 2. The number of aryl methyl sites for hydroxylation is 1. The summed E-state index contributed by atoms with van der Waals surface area (Å²) in [5.74, 6) is 1.94. The number of benzene rings is 1. The van der Waals surface area contributed by atoms with Gasteiger partial charge in [0, 0.05) is 11.9 Å². The molecule has 0 radical (unpaired) electrons. The highest BCUT2D eigenvalue weighted by molar-refractivity contribution is 5.86. The quantitative estimate of drug-likeness (QED) is 0.583. The summed E-state index contributed by atoms with van der Waals surface area (Å²) in [4.78, 5) is 15.6. The topological polar surface area (TPSA) is 71.5 Å². The normalized spacial score (nSPS) is 30.7. The molecule has 5 unspecified atom stereocenters. The van der Waals surface area contributed by atoms with Gasteiger partial charge in [-0.2, -0.15) is 13.2 Å². The molecule has 3 aliphatic carbocycles. The Labute approximate surface area is 190 Å². The summed E-state index contributed by atoms with van der Waals surface area (Å²) >= 11 is 0. The molecule has 2 aromatic rings. The Morgan fingerprint density at radius 1 is 1.18 bits per heavy atom. The van der Waals surface area contributed by atoms with Crippen LogP contribution in [0.5, 0.6) is 5.75 Å². The first-order valence-electron chi connectivity index (χ1n) is 11.5. The average molecular weight is 460 g/mol. The maximum Gasteiger partial charge on any atom is 0.433 e. The molecule has 3 aliphatic rings. The third-order valence-corrected chi connectivity index (χ3v) is 8.16. The van der Waals surface area contributed by atoms with Gasteiger partial charge in [-0.15, -0.1) is 0 Å². The number of nitrogens with zero attached hydrogens (tertiary/aromatic N) is 1. The van der Waals surface area contributed by atoms with Crippen molar-refractivity contribution in [2.45, 2.75) is 63.6 Å². The fraction of sp³-hybridized carbons (Fsp3) is 0.520. The van der Waals surface area contributed by atoms with Gasteiger partial charge in [-0.25, -0.2) is 4.79 Å². The van der Waals surface area contributed by atoms with E-state index in [-0.39, 0.29) is 17.2 Å². The van der Waals surface area contributed by atoms with E-state index in [9.17, 15) is 23.1 Å². The molecule has 1 heterocycles. The van der Waals surface area contributed by atoms with Crippen molar-refractivity contribution in [3.8, 4) is 5.75 Å². The molecule has 0 saturated heterocycles. The number of amides is 1. The van der Waals surface area contributed by atoms with Crippen molar-refractivity contribution in [2.75, 3.05) is 5.32 Å². The number of hydrogen-bond acceptors (Lipinski definition) is 4. The number of aliphatic hydroxyl groups excluding tert-OH is 1. The van der Waals surface area contributed by atoms with Crippen LogP contribution in [0.15, 0.2) is 36.5 Å². The second kappa shape index (κ2) is 8.01. The molecule has 2 saturated carbocycles. The number of pyridine rings is 1. The molecule has 0 aliphatic heterocycles. The van der Waals surface area contributed by atoms with Crippen molar-refractivity contribution in [3.63, 3.8) is 0 Å². The van der Waals surface area contributed by atoms with E-state index in [0.29, 0.717) is 23.5 Å². The minimum Gasteiger partial charge on any atom is -0.410 e. The standard InChI is InChI=1S/C25H27F3N2O3/c1-24-10-8-18-17-5-3-16(12-14(17)2-4-19(18)20(24)6-7-22(24)31)33-23(32)30-15-9-11-29-21(13-15)25(26,27)28/h3,5,9,11-13,18-20,22,31H,2,4,6-8,10H2,1H3,(H,29,30,32). The average Bonchev–Trinajstić information content (AvgIpc) is 3.07. The fourth-order valence-corrected chi connectivity index (χ4v) is 6.51. The van der Waals surface area contributed by atoms with Gasteiger partial charge in [0.2, 0.25) is 0 Å². The van der Waals surface area contributed by atoms with E-state index in [1.807, 2.05) is 12.1 Å². The molecule has 5 atom stereocenters. The zero-order chi connectivity index (χ0) is 23.4. The first-order chi connectivity index (χ1) is 15.6. The maximum absolute atomic E-state index is 12.8. The molecule has 176 valence electrons. The summed E-state index contributed by atoms with van der Waals surface area (Å²) in [5, 5.41) is 12.9. The molecule has 5 rings (SSSR count). The Bertz CT molecular complexity index is 1070. The van der Waals surface area contributed by atoms with E-state index in [2.05, 4.69) is 17.2 Å². The van der Waals surface area contributed by atoms with Gasteiger partial charge < -0.3 is 9.84 Å². The maximum atomic E-state index is 12.8. The summed E-state index contributed by atoms with van der Waals surface area (Å²) < 4.78 is 43.8. The molecular formula is C25H27F3N2O3. The van der Waals surface area contributed by atoms with Crippen LogP contribution < -0.4 is 10.1 Å². The van der Waals surface area contributed by atoms with Crippen LogP contribution in [0.1, 0.15) is 61.8 Å². The number of halogens is 3. The number of aromatic nitrogens is 1. The summed E-state index contributed by atoms with van der Waals surface area (Å²) in [7, 11) is 0. The fourth-order valence-electron chi connectivity index (χ4n) is 6.51. The zero-order valence-electron chi connectivity index (χ0n) is 18.4. The van der Waals surface area contributed by atoms with E-state index in [0.717, 1.165) is 56.4 Å². The second-order valence-corrected chi connectivity index (χ2v) is 9.86. The minimum atomic E-state index is -4.59. The summed E-state index contributed by atoms with van der Waals surface area (Å²) in [5.41, 5.74) is 1.37. The Kier molecular flexibility index (Phi) is 5.39. The largest absolute Gasteiger partial charge is 0.433 e. The van der Waals surface area contributed by atoms with Crippen LogP contribution >= 0.6 is 0 Å². The Balaban J connectivity index is 1.28. The number of aliphatic hydroxyl groups is 1. The smallest absolute Gasteiger partial charge is 0.410 e. The molecule has 0 spiro atoms. The third kappa shape index (κ3) is 3.98. The predicted molar refractivity (Wildman–Crippen MR) is 116 cm³/mol. The van der Waals surface area contributed by atoms with Crippen molar-refractivity contribution in [3.05, 3.63) is 53.3 Å². The SMILES string of the molecule is CC12CCC3c4ccc(OC(=O)Nc5ccnc(C(F)(F)F)c5)cc4CCC3C1CCC2O. The molecule has 8 heteroatoms. The van der Waals surface area contributed by atoms with Crippen molar-refractivity contribution in [2.24, 2.45) is 17.3 Å². The molecule has 1 aromatic carbocycles. The lowest BCUT2D eigenvalue weighted by Gasteiger charge is -2.50. The van der Waals surface area contributed by atoms with E-state index in [1.54, 1.807) is 6.07 Å². The molecule has 0 bridgehead atoms. The Hall–Kier alpha value is -2.61. The van der Waals surface area contributed by atoms with Crippen LogP contribution in [-0.4, -0.2) is 22.3 Å². The molecule has 2 N–H and O–H groups in total. The highest BCUT2D eigenvalue weighted by Crippen LogP contribution is 2.60. The van der Waals surface area contributed by atoms with Gasteiger partial charge >= 0.3 is 12.3 Å². The molecule has 1 aromatic heterocycles. The second-order valence-electron chi connectivity index (χ2n) is 9.86. The number of ether oxygens (including phenoxy) is 1. The van der Waals surface area contributed by atoms with Gasteiger partial charge in [-0.05, 0) is 97.1 Å². The summed E-state index contributed by atoms with van der Waals surface area (Å²) in [6.07, 6.45) is 1.33. The number of anilines is 1. The summed E-state index contributed by atoms with van der Waals surface area (Å²) in [6, 6.07) is 7.70.